The summed E-state index contributed by atoms with van der Waals surface area (Å²) in [5.41, 5.74) is 10.7. The van der Waals surface area contributed by atoms with Crippen molar-refractivity contribution in [2.45, 2.75) is 19.0 Å². The van der Waals surface area contributed by atoms with E-state index in [2.05, 4.69) is 31.1 Å². The Labute approximate surface area is 188 Å². The number of amides is 2. The van der Waals surface area contributed by atoms with Crippen molar-refractivity contribution < 1.29 is 13.9 Å². The van der Waals surface area contributed by atoms with Crippen LogP contribution in [0.5, 0.6) is 5.75 Å². The highest BCUT2D eigenvalue weighted by Crippen LogP contribution is 2.40. The standard InChI is InChI=1S/C21H23N9O3/c1-4-21(22)15-17(27-29(21)2)25-19(26-20(31)23-12-7-9-13(32-3)10-8-12)30-18(15)24-16(28-30)14-6-5-11-33-14/h5-11,27H,4,22H2,1-3H3,(H2,23,25,26,31). The van der Waals surface area contributed by atoms with Gasteiger partial charge in [0.2, 0.25) is 11.8 Å². The third kappa shape index (κ3) is 3.41. The van der Waals surface area contributed by atoms with Crippen LogP contribution < -0.4 is 26.5 Å². The first kappa shape index (κ1) is 20.7. The first-order valence-corrected chi connectivity index (χ1v) is 10.3. The van der Waals surface area contributed by atoms with Crippen LogP contribution in [0.1, 0.15) is 18.9 Å². The summed E-state index contributed by atoms with van der Waals surface area (Å²) in [6, 6.07) is 9.97. The maximum atomic E-state index is 12.7. The Hall–Kier alpha value is -4.16. The van der Waals surface area contributed by atoms with Crippen LogP contribution in [-0.4, -0.2) is 44.8 Å². The van der Waals surface area contributed by atoms with E-state index in [9.17, 15) is 4.79 Å². The number of hydrogen-bond acceptors (Lipinski definition) is 9. The van der Waals surface area contributed by atoms with Crippen LogP contribution >= 0.6 is 0 Å². The molecule has 4 heterocycles. The van der Waals surface area contributed by atoms with Crippen LogP contribution in [0.15, 0.2) is 47.1 Å². The van der Waals surface area contributed by atoms with Crippen LogP contribution in [-0.2, 0) is 5.66 Å². The molecule has 4 aromatic rings. The molecular weight excluding hydrogens is 426 g/mol. The van der Waals surface area contributed by atoms with Crippen molar-refractivity contribution in [3.63, 3.8) is 0 Å². The lowest BCUT2D eigenvalue weighted by Crippen LogP contribution is -2.48. The Balaban J connectivity index is 1.55. The van der Waals surface area contributed by atoms with Gasteiger partial charge in [0.05, 0.1) is 18.9 Å². The number of aromatic nitrogens is 4. The van der Waals surface area contributed by atoms with Gasteiger partial charge in [-0.25, -0.2) is 14.8 Å². The average molecular weight is 449 g/mol. The first-order chi connectivity index (χ1) is 15.9. The number of hydrazine groups is 1. The summed E-state index contributed by atoms with van der Waals surface area (Å²) in [4.78, 5) is 22.0. The van der Waals surface area contributed by atoms with Gasteiger partial charge < -0.3 is 25.6 Å². The number of fused-ring (bicyclic) bond motifs is 3. The summed E-state index contributed by atoms with van der Waals surface area (Å²) in [6.07, 6.45) is 2.13. The number of urea groups is 1. The van der Waals surface area contributed by atoms with Crippen molar-refractivity contribution in [3.8, 4) is 17.3 Å². The lowest BCUT2D eigenvalue weighted by Gasteiger charge is -2.30. The van der Waals surface area contributed by atoms with E-state index < -0.39 is 11.7 Å². The molecule has 170 valence electrons. The SMILES string of the molecule is CCC1(N)c2c(nc(NC(=O)Nc3ccc(OC)cc3)n3nc(-c4ccco4)nc23)NN1C. The zero-order chi connectivity index (χ0) is 23.2. The molecule has 5 rings (SSSR count). The fraction of sp³-hybridized carbons (Fsp3) is 0.238. The minimum Gasteiger partial charge on any atom is -0.497 e. The summed E-state index contributed by atoms with van der Waals surface area (Å²) in [7, 11) is 3.41. The quantitative estimate of drug-likeness (QED) is 0.361. The van der Waals surface area contributed by atoms with Gasteiger partial charge in [-0.1, -0.05) is 6.92 Å². The second-order valence-electron chi connectivity index (χ2n) is 7.56. The third-order valence-electron chi connectivity index (χ3n) is 5.64. The van der Waals surface area contributed by atoms with E-state index in [-0.39, 0.29) is 5.95 Å². The second-order valence-corrected chi connectivity index (χ2v) is 7.56. The van der Waals surface area contributed by atoms with Gasteiger partial charge in [0.15, 0.2) is 17.2 Å². The van der Waals surface area contributed by atoms with Crippen LogP contribution in [0.25, 0.3) is 17.2 Å². The normalized spacial score (nSPS) is 17.6. The molecule has 3 aromatic heterocycles. The van der Waals surface area contributed by atoms with Crippen molar-refractivity contribution in [3.05, 3.63) is 48.2 Å². The minimum absolute atomic E-state index is 0.168. The maximum Gasteiger partial charge on any atom is 0.326 e. The van der Waals surface area contributed by atoms with E-state index in [1.807, 2.05) is 14.0 Å². The number of carbonyl (C=O) groups is 1. The molecule has 2 amide bonds. The van der Waals surface area contributed by atoms with E-state index >= 15 is 0 Å². The minimum atomic E-state index is -0.860. The van der Waals surface area contributed by atoms with Gasteiger partial charge in [-0.15, -0.1) is 5.10 Å². The van der Waals surface area contributed by atoms with E-state index in [1.54, 1.807) is 54.8 Å². The van der Waals surface area contributed by atoms with Crippen LogP contribution in [0.2, 0.25) is 0 Å². The van der Waals surface area contributed by atoms with Gasteiger partial charge in [0.1, 0.15) is 11.4 Å². The van der Waals surface area contributed by atoms with Gasteiger partial charge in [-0.2, -0.15) is 9.50 Å². The molecule has 0 aliphatic carbocycles. The Morgan fingerprint density at radius 1 is 1.24 bits per heavy atom. The molecule has 0 saturated heterocycles. The number of anilines is 3. The molecule has 0 radical (unpaired) electrons. The highest BCUT2D eigenvalue weighted by atomic mass is 16.5. The third-order valence-corrected chi connectivity index (χ3v) is 5.64. The molecular formula is C21H23N9O3. The van der Waals surface area contributed by atoms with Crippen molar-refractivity contribution in [2.24, 2.45) is 5.73 Å². The molecule has 12 nitrogen and oxygen atoms in total. The Bertz CT molecular complexity index is 1320. The number of rotatable bonds is 5. The number of ether oxygens (including phenoxy) is 1. The number of furan rings is 1. The predicted octanol–water partition coefficient (Wildman–Crippen LogP) is 2.83. The smallest absolute Gasteiger partial charge is 0.326 e. The predicted molar refractivity (Wildman–Crippen MR) is 122 cm³/mol. The molecule has 1 atom stereocenters. The van der Waals surface area contributed by atoms with Gasteiger partial charge >= 0.3 is 6.03 Å². The van der Waals surface area contributed by atoms with Crippen LogP contribution in [0, 0.1) is 0 Å². The summed E-state index contributed by atoms with van der Waals surface area (Å²) in [5.74, 6) is 2.18. The largest absolute Gasteiger partial charge is 0.497 e. The van der Waals surface area contributed by atoms with Crippen LogP contribution in [0.3, 0.4) is 0 Å². The molecule has 1 aliphatic rings. The number of nitrogens with zero attached hydrogens (tertiary/aromatic N) is 5. The molecule has 0 saturated carbocycles. The summed E-state index contributed by atoms with van der Waals surface area (Å²) < 4.78 is 12.1. The van der Waals surface area contributed by atoms with Crippen molar-refractivity contribution >= 4 is 29.1 Å². The lowest BCUT2D eigenvalue weighted by atomic mass is 10.0. The van der Waals surface area contributed by atoms with E-state index in [1.165, 1.54) is 4.52 Å². The maximum absolute atomic E-state index is 12.7. The number of carbonyl (C=O) groups excluding carboxylic acids is 1. The van der Waals surface area contributed by atoms with Crippen molar-refractivity contribution in [1.29, 1.82) is 0 Å². The Morgan fingerprint density at radius 2 is 2.03 bits per heavy atom. The molecule has 1 unspecified atom stereocenters. The molecule has 1 aromatic carbocycles. The molecule has 0 bridgehead atoms. The monoisotopic (exact) mass is 449 g/mol. The molecule has 12 heteroatoms. The zero-order valence-electron chi connectivity index (χ0n) is 18.3. The second kappa shape index (κ2) is 7.76. The lowest BCUT2D eigenvalue weighted by molar-refractivity contribution is 0.172. The number of nitrogens with one attached hydrogen (secondary N) is 3. The average Bonchev–Trinajstić information content (AvgIpc) is 3.53. The summed E-state index contributed by atoms with van der Waals surface area (Å²) in [6.45, 7) is 1.97. The molecule has 0 spiro atoms. The number of hydrogen-bond donors (Lipinski definition) is 4. The number of nitrogens with two attached hydrogens (primary N) is 1. The summed E-state index contributed by atoms with van der Waals surface area (Å²) >= 11 is 0. The number of methoxy groups -OCH3 is 1. The van der Waals surface area contributed by atoms with E-state index in [0.29, 0.717) is 46.5 Å². The van der Waals surface area contributed by atoms with E-state index in [0.717, 1.165) is 0 Å². The Kier molecular flexibility index (Phi) is 4.87. The molecule has 1 aliphatic heterocycles. The van der Waals surface area contributed by atoms with Gasteiger partial charge in [0, 0.05) is 12.7 Å². The van der Waals surface area contributed by atoms with Gasteiger partial charge in [-0.05, 0) is 42.8 Å². The summed E-state index contributed by atoms with van der Waals surface area (Å²) in [5, 5.41) is 11.8. The fourth-order valence-corrected chi connectivity index (χ4v) is 3.79. The highest BCUT2D eigenvalue weighted by Gasteiger charge is 2.43. The Morgan fingerprint density at radius 3 is 2.70 bits per heavy atom. The molecule has 33 heavy (non-hydrogen) atoms. The zero-order valence-corrected chi connectivity index (χ0v) is 18.3. The van der Waals surface area contributed by atoms with E-state index in [4.69, 9.17) is 14.9 Å². The fourth-order valence-electron chi connectivity index (χ4n) is 3.79. The van der Waals surface area contributed by atoms with Crippen LogP contribution in [0.4, 0.5) is 22.2 Å². The molecule has 0 fully saturated rings. The number of benzene rings is 1. The van der Waals surface area contributed by atoms with Gasteiger partial charge in [0.25, 0.3) is 0 Å². The molecule has 5 N–H and O–H groups in total. The van der Waals surface area contributed by atoms with Crippen molar-refractivity contribution in [2.75, 3.05) is 30.2 Å². The highest BCUT2D eigenvalue weighted by molar-refractivity contribution is 5.99. The van der Waals surface area contributed by atoms with Gasteiger partial charge in [-0.3, -0.25) is 5.32 Å². The first-order valence-electron chi connectivity index (χ1n) is 10.3. The van der Waals surface area contributed by atoms with Crippen molar-refractivity contribution in [1.82, 2.24) is 24.6 Å². The topological polar surface area (TPSA) is 148 Å².